The molecule has 0 aliphatic heterocycles. The molecule has 0 aliphatic rings. The maximum absolute atomic E-state index is 11.9. The van der Waals surface area contributed by atoms with Crippen molar-refractivity contribution < 1.29 is 17.9 Å². The van der Waals surface area contributed by atoms with Gasteiger partial charge in [-0.25, -0.2) is 4.98 Å². The lowest BCUT2D eigenvalue weighted by atomic mass is 10.3. The Labute approximate surface area is 91.6 Å². The van der Waals surface area contributed by atoms with Gasteiger partial charge in [0.2, 0.25) is 0 Å². The molecule has 0 atom stereocenters. The fraction of sp³-hybridized carbons (Fsp3) is 0.286. The average molecular weight is 318 g/mol. The van der Waals surface area contributed by atoms with Crippen molar-refractivity contribution in [2.24, 2.45) is 5.73 Å². The minimum absolute atomic E-state index is 0.123. The SMILES string of the molecule is NCc1cnc(I)c(OC(F)(F)F)c1. The summed E-state index contributed by atoms with van der Waals surface area (Å²) in [6.07, 6.45) is -3.29. The number of ether oxygens (including phenoxy) is 1. The van der Waals surface area contributed by atoms with Crippen molar-refractivity contribution in [3.05, 3.63) is 21.5 Å². The van der Waals surface area contributed by atoms with E-state index in [2.05, 4.69) is 9.72 Å². The van der Waals surface area contributed by atoms with Crippen molar-refractivity contribution in [3.63, 3.8) is 0 Å². The van der Waals surface area contributed by atoms with Crippen LogP contribution < -0.4 is 10.5 Å². The smallest absolute Gasteiger partial charge is 0.403 e. The first-order valence-electron chi connectivity index (χ1n) is 3.52. The highest BCUT2D eigenvalue weighted by molar-refractivity contribution is 14.1. The summed E-state index contributed by atoms with van der Waals surface area (Å²) in [5, 5.41) is 0. The quantitative estimate of drug-likeness (QED) is 0.671. The van der Waals surface area contributed by atoms with E-state index in [1.807, 2.05) is 0 Å². The van der Waals surface area contributed by atoms with Crippen molar-refractivity contribution in [2.45, 2.75) is 12.9 Å². The van der Waals surface area contributed by atoms with E-state index in [1.54, 1.807) is 22.6 Å². The standard InChI is InChI=1S/C7H6F3IN2O/c8-7(9,10)14-5-1-4(2-12)3-13-6(5)11/h1,3H,2,12H2. The Morgan fingerprint density at radius 2 is 2.14 bits per heavy atom. The third-order valence-electron chi connectivity index (χ3n) is 1.32. The second-order valence-corrected chi connectivity index (χ2v) is 3.41. The van der Waals surface area contributed by atoms with Crippen molar-refractivity contribution >= 4 is 22.6 Å². The van der Waals surface area contributed by atoms with Crippen molar-refractivity contribution in [1.29, 1.82) is 0 Å². The van der Waals surface area contributed by atoms with Crippen LogP contribution in [-0.4, -0.2) is 11.3 Å². The second-order valence-electron chi connectivity index (χ2n) is 2.38. The molecule has 0 amide bonds. The number of halogens is 4. The van der Waals surface area contributed by atoms with Crippen LogP contribution in [0.2, 0.25) is 0 Å². The number of hydrogen-bond donors (Lipinski definition) is 1. The molecule has 1 rings (SSSR count). The monoisotopic (exact) mass is 318 g/mol. The molecule has 1 heterocycles. The van der Waals surface area contributed by atoms with Gasteiger partial charge in [0.25, 0.3) is 0 Å². The molecule has 0 bridgehead atoms. The molecule has 0 radical (unpaired) electrons. The van der Waals surface area contributed by atoms with Crippen LogP contribution in [-0.2, 0) is 6.54 Å². The van der Waals surface area contributed by atoms with Crippen molar-refractivity contribution in [2.75, 3.05) is 0 Å². The number of alkyl halides is 3. The number of pyridine rings is 1. The van der Waals surface area contributed by atoms with E-state index < -0.39 is 6.36 Å². The molecule has 1 aromatic heterocycles. The zero-order valence-electron chi connectivity index (χ0n) is 6.81. The van der Waals surface area contributed by atoms with Gasteiger partial charge in [-0.15, -0.1) is 13.2 Å². The highest BCUT2D eigenvalue weighted by Crippen LogP contribution is 2.26. The van der Waals surface area contributed by atoms with Gasteiger partial charge in [-0.3, -0.25) is 0 Å². The molecular weight excluding hydrogens is 312 g/mol. The fourth-order valence-electron chi connectivity index (χ4n) is 0.776. The molecule has 14 heavy (non-hydrogen) atoms. The molecule has 0 saturated carbocycles. The molecular formula is C7H6F3IN2O. The van der Waals surface area contributed by atoms with Crippen LogP contribution in [0.15, 0.2) is 12.3 Å². The van der Waals surface area contributed by atoms with Gasteiger partial charge in [0, 0.05) is 12.7 Å². The molecule has 3 nitrogen and oxygen atoms in total. The second kappa shape index (κ2) is 4.30. The van der Waals surface area contributed by atoms with Crippen molar-refractivity contribution in [1.82, 2.24) is 4.98 Å². The topological polar surface area (TPSA) is 48.1 Å². The lowest BCUT2D eigenvalue weighted by Crippen LogP contribution is -2.18. The predicted octanol–water partition coefficient (Wildman–Crippen LogP) is 2.04. The minimum Gasteiger partial charge on any atom is -0.403 e. The minimum atomic E-state index is -4.70. The van der Waals surface area contributed by atoms with Gasteiger partial charge in [-0.2, -0.15) is 0 Å². The van der Waals surface area contributed by atoms with E-state index >= 15 is 0 Å². The zero-order chi connectivity index (χ0) is 10.8. The third-order valence-corrected chi connectivity index (χ3v) is 2.14. The Bertz CT molecular complexity index is 329. The van der Waals surface area contributed by atoms with E-state index in [0.29, 0.717) is 5.56 Å². The van der Waals surface area contributed by atoms with E-state index in [9.17, 15) is 13.2 Å². The molecule has 2 N–H and O–H groups in total. The third kappa shape index (κ3) is 3.29. The van der Waals surface area contributed by atoms with Crippen LogP contribution >= 0.6 is 22.6 Å². The Hall–Kier alpha value is -0.570. The average Bonchev–Trinajstić information content (AvgIpc) is 2.06. The zero-order valence-corrected chi connectivity index (χ0v) is 8.96. The van der Waals surface area contributed by atoms with Crippen molar-refractivity contribution in [3.8, 4) is 5.75 Å². The van der Waals surface area contributed by atoms with Gasteiger partial charge in [0.1, 0.15) is 3.70 Å². The maximum atomic E-state index is 11.9. The summed E-state index contributed by atoms with van der Waals surface area (Å²) in [5.41, 5.74) is 5.74. The summed E-state index contributed by atoms with van der Waals surface area (Å²) in [7, 11) is 0. The number of hydrogen-bond acceptors (Lipinski definition) is 3. The summed E-state index contributed by atoms with van der Waals surface area (Å²) in [4.78, 5) is 3.72. The Balaban J connectivity index is 2.95. The highest BCUT2D eigenvalue weighted by atomic mass is 127. The predicted molar refractivity (Wildman–Crippen MR) is 51.5 cm³/mol. The first-order chi connectivity index (χ1) is 6.42. The summed E-state index contributed by atoms with van der Waals surface area (Å²) in [6.45, 7) is 0.123. The molecule has 0 aliphatic carbocycles. The first-order valence-corrected chi connectivity index (χ1v) is 4.60. The van der Waals surface area contributed by atoms with Crippen LogP contribution in [0.5, 0.6) is 5.75 Å². The molecule has 0 aromatic carbocycles. The van der Waals surface area contributed by atoms with Gasteiger partial charge < -0.3 is 10.5 Å². The summed E-state index contributed by atoms with van der Waals surface area (Å²) < 4.78 is 39.5. The largest absolute Gasteiger partial charge is 0.573 e. The number of nitrogens with zero attached hydrogens (tertiary/aromatic N) is 1. The van der Waals surface area contributed by atoms with E-state index in [1.165, 1.54) is 12.3 Å². The van der Waals surface area contributed by atoms with Gasteiger partial charge in [-0.1, -0.05) is 0 Å². The Kier molecular flexibility index (Phi) is 3.53. The first kappa shape index (κ1) is 11.5. The van der Waals surface area contributed by atoms with Crippen LogP contribution in [0.4, 0.5) is 13.2 Å². The Morgan fingerprint density at radius 1 is 1.50 bits per heavy atom. The molecule has 0 saturated heterocycles. The van der Waals surface area contributed by atoms with Crippen LogP contribution in [0.3, 0.4) is 0 Å². The molecule has 1 aromatic rings. The van der Waals surface area contributed by atoms with Crippen LogP contribution in [0.1, 0.15) is 5.56 Å². The normalized spacial score (nSPS) is 11.5. The molecule has 7 heteroatoms. The van der Waals surface area contributed by atoms with E-state index in [4.69, 9.17) is 5.73 Å². The van der Waals surface area contributed by atoms with E-state index in [0.717, 1.165) is 0 Å². The lowest BCUT2D eigenvalue weighted by molar-refractivity contribution is -0.275. The molecule has 0 fully saturated rings. The number of nitrogens with two attached hydrogens (primary N) is 1. The number of aromatic nitrogens is 1. The number of rotatable bonds is 2. The summed E-state index contributed by atoms with van der Waals surface area (Å²) in [6, 6.07) is 1.22. The highest BCUT2D eigenvalue weighted by Gasteiger charge is 2.32. The van der Waals surface area contributed by atoms with E-state index in [-0.39, 0.29) is 16.0 Å². The fourth-order valence-corrected chi connectivity index (χ4v) is 1.18. The van der Waals surface area contributed by atoms with Gasteiger partial charge in [0.15, 0.2) is 5.75 Å². The Morgan fingerprint density at radius 3 is 2.64 bits per heavy atom. The van der Waals surface area contributed by atoms with Crippen LogP contribution in [0.25, 0.3) is 0 Å². The van der Waals surface area contributed by atoms with Gasteiger partial charge in [-0.05, 0) is 34.2 Å². The van der Waals surface area contributed by atoms with Gasteiger partial charge in [0.05, 0.1) is 0 Å². The van der Waals surface area contributed by atoms with Gasteiger partial charge >= 0.3 is 6.36 Å². The molecule has 78 valence electrons. The molecule has 0 spiro atoms. The summed E-state index contributed by atoms with van der Waals surface area (Å²) in [5.74, 6) is -0.318. The maximum Gasteiger partial charge on any atom is 0.573 e. The van der Waals surface area contributed by atoms with Crippen LogP contribution in [0, 0.1) is 3.70 Å². The summed E-state index contributed by atoms with van der Waals surface area (Å²) >= 11 is 1.66. The lowest BCUT2D eigenvalue weighted by Gasteiger charge is -2.10. The molecule has 0 unspecified atom stereocenters.